The van der Waals surface area contributed by atoms with Crippen molar-refractivity contribution in [2.75, 3.05) is 5.32 Å². The maximum atomic E-state index is 14.0. The molecule has 1 atom stereocenters. The highest BCUT2D eigenvalue weighted by molar-refractivity contribution is 7.08. The van der Waals surface area contributed by atoms with Crippen molar-refractivity contribution in [1.29, 1.82) is 0 Å². The monoisotopic (exact) mass is 382 g/mol. The van der Waals surface area contributed by atoms with Gasteiger partial charge in [0, 0.05) is 34.9 Å². The number of hydrogen-bond donors (Lipinski definition) is 2. The molecule has 4 nitrogen and oxygen atoms in total. The molecule has 1 aliphatic carbocycles. The lowest BCUT2D eigenvalue weighted by atomic mass is 9.75. The van der Waals surface area contributed by atoms with E-state index < -0.39 is 17.6 Å². The van der Waals surface area contributed by atoms with Gasteiger partial charge in [-0.2, -0.15) is 11.3 Å². The lowest BCUT2D eigenvalue weighted by Crippen LogP contribution is -2.35. The largest absolute Gasteiger partial charge is 0.362 e. The summed E-state index contributed by atoms with van der Waals surface area (Å²) >= 11 is 1.53. The minimum absolute atomic E-state index is 0.0728. The molecule has 1 amide bonds. The van der Waals surface area contributed by atoms with Crippen LogP contribution in [0.2, 0.25) is 0 Å². The molecule has 6 heteroatoms. The molecule has 1 unspecified atom stereocenters. The van der Waals surface area contributed by atoms with Crippen molar-refractivity contribution >= 4 is 28.7 Å². The number of para-hydroxylation sites is 1. The summed E-state index contributed by atoms with van der Waals surface area (Å²) in [6.45, 7) is 1.83. The summed E-state index contributed by atoms with van der Waals surface area (Å²) in [6.07, 6.45) is 2.09. The minimum Gasteiger partial charge on any atom is -0.362 e. The zero-order chi connectivity index (χ0) is 19.0. The Morgan fingerprint density at radius 1 is 1.26 bits per heavy atom. The topological polar surface area (TPSA) is 58.2 Å². The first kappa shape index (κ1) is 17.7. The van der Waals surface area contributed by atoms with Gasteiger partial charge in [0.2, 0.25) is 0 Å². The number of hydrogen-bond acceptors (Lipinski definition) is 4. The second kappa shape index (κ2) is 7.12. The van der Waals surface area contributed by atoms with E-state index in [2.05, 4.69) is 10.6 Å². The molecule has 0 radical (unpaired) electrons. The number of allylic oxidation sites excluding steroid dienone is 3. The van der Waals surface area contributed by atoms with Crippen LogP contribution in [-0.2, 0) is 9.59 Å². The van der Waals surface area contributed by atoms with Crippen LogP contribution >= 0.6 is 11.3 Å². The Balaban J connectivity index is 1.77. The molecule has 0 fully saturated rings. The Morgan fingerprint density at radius 2 is 2.07 bits per heavy atom. The second-order valence-electron chi connectivity index (χ2n) is 6.76. The van der Waals surface area contributed by atoms with Crippen molar-refractivity contribution < 1.29 is 14.0 Å². The number of Topliss-reactive ketones (excluding diaryl/α,β-unsaturated/α-hetero) is 1. The third-order valence-corrected chi connectivity index (χ3v) is 5.72. The molecule has 0 spiro atoms. The van der Waals surface area contributed by atoms with Gasteiger partial charge >= 0.3 is 0 Å². The number of nitrogens with one attached hydrogen (secondary N) is 2. The Hall–Kier alpha value is -2.73. The molecule has 1 aliphatic heterocycles. The van der Waals surface area contributed by atoms with Crippen molar-refractivity contribution in [3.63, 3.8) is 0 Å². The summed E-state index contributed by atoms with van der Waals surface area (Å²) < 4.78 is 14.0. The standard InChI is InChI=1S/C21H19FN2O2S/c1-12-18(21(26)24-15-6-3-2-5-14(15)22)19(13-9-10-27-11-13)20-16(23-12)7-4-8-17(20)25/h2-3,5-6,9-11,19,23H,4,7-8H2,1H3,(H,24,26). The predicted octanol–water partition coefficient (Wildman–Crippen LogP) is 4.49. The van der Waals surface area contributed by atoms with Crippen LogP contribution in [0, 0.1) is 5.82 Å². The van der Waals surface area contributed by atoms with E-state index in [1.165, 1.54) is 23.5 Å². The lowest BCUT2D eigenvalue weighted by molar-refractivity contribution is -0.116. The second-order valence-corrected chi connectivity index (χ2v) is 7.54. The van der Waals surface area contributed by atoms with Gasteiger partial charge in [0.05, 0.1) is 5.69 Å². The summed E-state index contributed by atoms with van der Waals surface area (Å²) in [5.41, 5.74) is 3.79. The molecule has 2 aliphatic rings. The summed E-state index contributed by atoms with van der Waals surface area (Å²) in [4.78, 5) is 25.8. The number of carbonyl (C=O) groups is 2. The molecule has 0 bridgehead atoms. The van der Waals surface area contributed by atoms with Crippen LogP contribution < -0.4 is 10.6 Å². The van der Waals surface area contributed by atoms with Crippen LogP contribution in [0.5, 0.6) is 0 Å². The van der Waals surface area contributed by atoms with Crippen molar-refractivity contribution in [2.45, 2.75) is 32.1 Å². The maximum Gasteiger partial charge on any atom is 0.254 e. The summed E-state index contributed by atoms with van der Waals surface area (Å²) in [5, 5.41) is 9.83. The molecule has 1 aromatic carbocycles. The Morgan fingerprint density at radius 3 is 2.81 bits per heavy atom. The number of dihydropyridines is 1. The van der Waals surface area contributed by atoms with Gasteiger partial charge in [-0.15, -0.1) is 0 Å². The molecular formula is C21H19FN2O2S. The van der Waals surface area contributed by atoms with Gasteiger partial charge < -0.3 is 10.6 Å². The predicted molar refractivity (Wildman–Crippen MR) is 104 cm³/mol. The summed E-state index contributed by atoms with van der Waals surface area (Å²) in [5.74, 6) is -1.24. The lowest BCUT2D eigenvalue weighted by Gasteiger charge is -2.34. The molecule has 27 heavy (non-hydrogen) atoms. The van der Waals surface area contributed by atoms with Gasteiger partial charge in [-0.25, -0.2) is 4.39 Å². The molecular weight excluding hydrogens is 363 g/mol. The fourth-order valence-electron chi connectivity index (χ4n) is 3.81. The summed E-state index contributed by atoms with van der Waals surface area (Å²) in [6, 6.07) is 8.01. The van der Waals surface area contributed by atoms with Crippen molar-refractivity contribution in [2.24, 2.45) is 0 Å². The van der Waals surface area contributed by atoms with Gasteiger partial charge in [0.15, 0.2) is 5.78 Å². The number of rotatable bonds is 3. The molecule has 0 saturated heterocycles. The van der Waals surface area contributed by atoms with E-state index in [0.29, 0.717) is 23.3 Å². The van der Waals surface area contributed by atoms with E-state index in [0.717, 1.165) is 24.1 Å². The highest BCUT2D eigenvalue weighted by Crippen LogP contribution is 2.43. The molecule has 1 aromatic heterocycles. The first-order valence-corrected chi connectivity index (χ1v) is 9.82. The summed E-state index contributed by atoms with van der Waals surface area (Å²) in [7, 11) is 0. The minimum atomic E-state index is -0.492. The van der Waals surface area contributed by atoms with E-state index in [1.54, 1.807) is 12.1 Å². The van der Waals surface area contributed by atoms with Crippen molar-refractivity contribution in [1.82, 2.24) is 5.32 Å². The van der Waals surface area contributed by atoms with Gasteiger partial charge in [-0.3, -0.25) is 9.59 Å². The van der Waals surface area contributed by atoms with Gasteiger partial charge in [0.25, 0.3) is 5.91 Å². The highest BCUT2D eigenvalue weighted by Gasteiger charge is 2.38. The van der Waals surface area contributed by atoms with Crippen LogP contribution in [0.1, 0.15) is 37.7 Å². The van der Waals surface area contributed by atoms with Crippen LogP contribution in [0.3, 0.4) is 0 Å². The first-order chi connectivity index (χ1) is 13.1. The third kappa shape index (κ3) is 3.21. The number of anilines is 1. The van der Waals surface area contributed by atoms with Gasteiger partial charge in [-0.05, 0) is 54.3 Å². The van der Waals surface area contributed by atoms with Crippen LogP contribution in [0.4, 0.5) is 10.1 Å². The Kier molecular flexibility index (Phi) is 4.66. The van der Waals surface area contributed by atoms with Gasteiger partial charge in [-0.1, -0.05) is 12.1 Å². The van der Waals surface area contributed by atoms with Crippen molar-refractivity contribution in [3.8, 4) is 0 Å². The van der Waals surface area contributed by atoms with E-state index >= 15 is 0 Å². The normalized spacial score (nSPS) is 19.6. The molecule has 138 valence electrons. The molecule has 2 heterocycles. The fourth-order valence-corrected chi connectivity index (χ4v) is 4.50. The van der Waals surface area contributed by atoms with Crippen LogP contribution in [0.25, 0.3) is 0 Å². The van der Waals surface area contributed by atoms with Crippen LogP contribution in [0.15, 0.2) is 63.6 Å². The van der Waals surface area contributed by atoms with E-state index in [-0.39, 0.29) is 11.5 Å². The van der Waals surface area contributed by atoms with Crippen LogP contribution in [-0.4, -0.2) is 11.7 Å². The zero-order valence-electron chi connectivity index (χ0n) is 14.8. The average Bonchev–Trinajstić information content (AvgIpc) is 3.17. The number of ketones is 1. The SMILES string of the molecule is CC1=C(C(=O)Nc2ccccc2F)C(c2ccsc2)C2=C(CCCC2=O)N1. The number of thiophene rings is 1. The number of halogens is 1. The molecule has 0 saturated carbocycles. The molecule has 2 N–H and O–H groups in total. The van der Waals surface area contributed by atoms with E-state index in [9.17, 15) is 14.0 Å². The number of carbonyl (C=O) groups excluding carboxylic acids is 2. The first-order valence-electron chi connectivity index (χ1n) is 8.88. The quantitative estimate of drug-likeness (QED) is 0.822. The fraction of sp³-hybridized carbons (Fsp3) is 0.238. The Bertz CT molecular complexity index is 976. The number of benzene rings is 1. The van der Waals surface area contributed by atoms with E-state index in [4.69, 9.17) is 0 Å². The van der Waals surface area contributed by atoms with Crippen molar-refractivity contribution in [3.05, 3.63) is 75.0 Å². The average molecular weight is 382 g/mol. The molecule has 2 aromatic rings. The van der Waals surface area contributed by atoms with Gasteiger partial charge in [0.1, 0.15) is 5.82 Å². The highest BCUT2D eigenvalue weighted by atomic mass is 32.1. The smallest absolute Gasteiger partial charge is 0.254 e. The zero-order valence-corrected chi connectivity index (χ0v) is 15.7. The molecule has 4 rings (SSSR count). The van der Waals surface area contributed by atoms with E-state index in [1.807, 2.05) is 23.8 Å². The third-order valence-electron chi connectivity index (χ3n) is 5.02. The Labute approximate surface area is 160 Å². The maximum absolute atomic E-state index is 14.0. The number of amides is 1.